The summed E-state index contributed by atoms with van der Waals surface area (Å²) in [5.41, 5.74) is 7.67. The van der Waals surface area contributed by atoms with Crippen molar-refractivity contribution in [2.45, 2.75) is 0 Å². The number of benzene rings is 1. The van der Waals surface area contributed by atoms with Gasteiger partial charge in [-0.15, -0.1) is 6.58 Å². The molecule has 2 aromatic rings. The predicted octanol–water partition coefficient (Wildman–Crippen LogP) is 2.41. The number of fused-ring (bicyclic) bond motifs is 1. The fourth-order valence-corrected chi connectivity index (χ4v) is 1.55. The summed E-state index contributed by atoms with van der Waals surface area (Å²) in [6, 6.07) is 5.81. The number of hydrogen-bond donors (Lipinski definition) is 2. The molecule has 0 fully saturated rings. The molecular formula is C12H13N3. The lowest BCUT2D eigenvalue weighted by Gasteiger charge is -2.09. The van der Waals surface area contributed by atoms with E-state index >= 15 is 0 Å². The first-order chi connectivity index (χ1) is 7.33. The molecule has 3 heteroatoms. The van der Waals surface area contributed by atoms with Gasteiger partial charge in [-0.25, -0.2) is 0 Å². The molecule has 0 saturated carbocycles. The van der Waals surface area contributed by atoms with Gasteiger partial charge in [0, 0.05) is 41.1 Å². The van der Waals surface area contributed by atoms with Gasteiger partial charge in [-0.2, -0.15) is 0 Å². The molecule has 2 rings (SSSR count). The number of nitrogen functional groups attached to an aromatic ring is 1. The molecule has 0 unspecified atom stereocenters. The number of pyridine rings is 1. The number of aromatic nitrogens is 1. The van der Waals surface area contributed by atoms with Crippen LogP contribution in [0.25, 0.3) is 10.8 Å². The van der Waals surface area contributed by atoms with Crippen LogP contribution < -0.4 is 11.1 Å². The number of anilines is 2. The molecule has 1 aromatic carbocycles. The minimum atomic E-state index is 0.737. The fourth-order valence-electron chi connectivity index (χ4n) is 1.55. The van der Waals surface area contributed by atoms with Crippen LogP contribution in [-0.4, -0.2) is 11.5 Å². The smallest absolute Gasteiger partial charge is 0.0425 e. The van der Waals surface area contributed by atoms with Crippen LogP contribution in [0, 0.1) is 0 Å². The van der Waals surface area contributed by atoms with Crippen molar-refractivity contribution < 1.29 is 0 Å². The topological polar surface area (TPSA) is 50.9 Å². The average molecular weight is 199 g/mol. The van der Waals surface area contributed by atoms with Gasteiger partial charge in [-0.05, 0) is 18.2 Å². The van der Waals surface area contributed by atoms with Gasteiger partial charge < -0.3 is 11.1 Å². The minimum absolute atomic E-state index is 0.737. The van der Waals surface area contributed by atoms with Gasteiger partial charge in [0.2, 0.25) is 0 Å². The van der Waals surface area contributed by atoms with E-state index in [0.29, 0.717) is 0 Å². The zero-order valence-electron chi connectivity index (χ0n) is 8.40. The third kappa shape index (κ3) is 1.76. The molecular weight excluding hydrogens is 186 g/mol. The maximum absolute atomic E-state index is 5.87. The summed E-state index contributed by atoms with van der Waals surface area (Å²) in [4.78, 5) is 4.07. The highest BCUT2D eigenvalue weighted by molar-refractivity contribution is 6.00. The summed E-state index contributed by atoms with van der Waals surface area (Å²) in [5.74, 6) is 0. The molecule has 0 radical (unpaired) electrons. The van der Waals surface area contributed by atoms with Crippen molar-refractivity contribution in [3.05, 3.63) is 43.2 Å². The Bertz CT molecular complexity index is 491. The molecule has 0 amide bonds. The van der Waals surface area contributed by atoms with Gasteiger partial charge in [0.05, 0.1) is 0 Å². The molecule has 1 aromatic heterocycles. The number of nitrogens with zero attached hydrogens (tertiary/aromatic N) is 1. The van der Waals surface area contributed by atoms with Crippen LogP contribution >= 0.6 is 0 Å². The van der Waals surface area contributed by atoms with E-state index in [4.69, 9.17) is 5.73 Å². The summed E-state index contributed by atoms with van der Waals surface area (Å²) < 4.78 is 0. The number of nitrogens with one attached hydrogen (secondary N) is 1. The maximum atomic E-state index is 5.87. The Kier molecular flexibility index (Phi) is 2.54. The molecule has 76 valence electrons. The van der Waals surface area contributed by atoms with E-state index in [1.807, 2.05) is 24.3 Å². The average Bonchev–Trinajstić information content (AvgIpc) is 2.29. The highest BCUT2D eigenvalue weighted by Gasteiger charge is 2.02. The first-order valence-electron chi connectivity index (χ1n) is 4.80. The number of nitrogens with two attached hydrogens (primary N) is 1. The van der Waals surface area contributed by atoms with E-state index < -0.39 is 0 Å². The molecule has 0 aliphatic rings. The zero-order chi connectivity index (χ0) is 10.7. The van der Waals surface area contributed by atoms with Crippen molar-refractivity contribution in [2.24, 2.45) is 0 Å². The van der Waals surface area contributed by atoms with Crippen molar-refractivity contribution in [3.8, 4) is 0 Å². The Morgan fingerprint density at radius 1 is 1.33 bits per heavy atom. The van der Waals surface area contributed by atoms with E-state index in [1.165, 1.54) is 0 Å². The van der Waals surface area contributed by atoms with Crippen LogP contribution in [0.4, 0.5) is 11.4 Å². The zero-order valence-corrected chi connectivity index (χ0v) is 8.40. The van der Waals surface area contributed by atoms with Gasteiger partial charge in [0.15, 0.2) is 0 Å². The minimum Gasteiger partial charge on any atom is -0.398 e. The largest absolute Gasteiger partial charge is 0.398 e. The standard InChI is InChI=1S/C12H13N3/c1-2-6-15-12-4-3-11(13)10-8-14-7-5-9(10)12/h2-5,7-8,15H,1,6,13H2. The van der Waals surface area contributed by atoms with E-state index in [2.05, 4.69) is 16.9 Å². The van der Waals surface area contributed by atoms with Crippen LogP contribution in [0.5, 0.6) is 0 Å². The second kappa shape index (κ2) is 4.00. The van der Waals surface area contributed by atoms with E-state index in [1.54, 1.807) is 12.4 Å². The van der Waals surface area contributed by atoms with Crippen LogP contribution in [0.3, 0.4) is 0 Å². The molecule has 1 heterocycles. The molecule has 0 spiro atoms. The highest BCUT2D eigenvalue weighted by atomic mass is 14.9. The van der Waals surface area contributed by atoms with Crippen LogP contribution in [0.15, 0.2) is 43.2 Å². The second-order valence-corrected chi connectivity index (χ2v) is 3.29. The van der Waals surface area contributed by atoms with E-state index in [-0.39, 0.29) is 0 Å². The summed E-state index contributed by atoms with van der Waals surface area (Å²) >= 11 is 0. The number of hydrogen-bond acceptors (Lipinski definition) is 3. The highest BCUT2D eigenvalue weighted by Crippen LogP contribution is 2.27. The Hall–Kier alpha value is -2.03. The van der Waals surface area contributed by atoms with Gasteiger partial charge in [0.25, 0.3) is 0 Å². The van der Waals surface area contributed by atoms with Crippen molar-refractivity contribution >= 4 is 22.1 Å². The molecule has 0 atom stereocenters. The van der Waals surface area contributed by atoms with Gasteiger partial charge in [0.1, 0.15) is 0 Å². The van der Waals surface area contributed by atoms with Gasteiger partial charge >= 0.3 is 0 Å². The summed E-state index contributed by atoms with van der Waals surface area (Å²) in [6.45, 7) is 4.41. The Labute approximate surface area is 88.6 Å². The van der Waals surface area contributed by atoms with Crippen molar-refractivity contribution in [1.29, 1.82) is 0 Å². The molecule has 0 saturated heterocycles. The van der Waals surface area contributed by atoms with E-state index in [9.17, 15) is 0 Å². The Morgan fingerprint density at radius 3 is 3.00 bits per heavy atom. The monoisotopic (exact) mass is 199 g/mol. The van der Waals surface area contributed by atoms with Crippen LogP contribution in [-0.2, 0) is 0 Å². The van der Waals surface area contributed by atoms with Crippen LogP contribution in [0.1, 0.15) is 0 Å². The van der Waals surface area contributed by atoms with Crippen molar-refractivity contribution in [1.82, 2.24) is 4.98 Å². The summed E-state index contributed by atoms with van der Waals surface area (Å²) in [6.07, 6.45) is 5.37. The third-order valence-corrected chi connectivity index (χ3v) is 2.29. The molecule has 0 aliphatic heterocycles. The lowest BCUT2D eigenvalue weighted by molar-refractivity contribution is 1.34. The molecule has 15 heavy (non-hydrogen) atoms. The first kappa shape index (κ1) is 9.52. The van der Waals surface area contributed by atoms with Crippen molar-refractivity contribution in [3.63, 3.8) is 0 Å². The normalized spacial score (nSPS) is 10.1. The molecule has 0 bridgehead atoms. The maximum Gasteiger partial charge on any atom is 0.0425 e. The lowest BCUT2D eigenvalue weighted by Crippen LogP contribution is -1.99. The fraction of sp³-hybridized carbons (Fsp3) is 0.0833. The Morgan fingerprint density at radius 2 is 2.20 bits per heavy atom. The quantitative estimate of drug-likeness (QED) is 0.589. The summed E-state index contributed by atoms with van der Waals surface area (Å²) in [7, 11) is 0. The third-order valence-electron chi connectivity index (χ3n) is 2.29. The predicted molar refractivity (Wildman–Crippen MR) is 64.8 cm³/mol. The van der Waals surface area contributed by atoms with Gasteiger partial charge in [-0.3, -0.25) is 4.98 Å². The second-order valence-electron chi connectivity index (χ2n) is 3.29. The van der Waals surface area contributed by atoms with E-state index in [0.717, 1.165) is 28.7 Å². The van der Waals surface area contributed by atoms with Gasteiger partial charge in [-0.1, -0.05) is 6.08 Å². The number of rotatable bonds is 3. The molecule has 0 aliphatic carbocycles. The lowest BCUT2D eigenvalue weighted by atomic mass is 10.1. The SMILES string of the molecule is C=CCNc1ccc(N)c2cnccc12. The molecule has 3 N–H and O–H groups in total. The Balaban J connectivity index is 2.56. The van der Waals surface area contributed by atoms with Crippen molar-refractivity contribution in [2.75, 3.05) is 17.6 Å². The summed E-state index contributed by atoms with van der Waals surface area (Å²) in [5, 5.41) is 5.33. The first-order valence-corrected chi connectivity index (χ1v) is 4.80. The molecule has 3 nitrogen and oxygen atoms in total. The van der Waals surface area contributed by atoms with Crippen LogP contribution in [0.2, 0.25) is 0 Å².